The second-order valence-electron chi connectivity index (χ2n) is 5.53. The zero-order chi connectivity index (χ0) is 16.2. The number of amides is 1. The number of aryl methyl sites for hydroxylation is 1. The van der Waals surface area contributed by atoms with Crippen molar-refractivity contribution in [2.45, 2.75) is 44.9 Å². The summed E-state index contributed by atoms with van der Waals surface area (Å²) in [4.78, 5) is 24.5. The Kier molecular flexibility index (Phi) is 4.92. The van der Waals surface area contributed by atoms with Crippen LogP contribution in [0.3, 0.4) is 0 Å². The predicted octanol–water partition coefficient (Wildman–Crippen LogP) is 1.64. The molecule has 0 bridgehead atoms. The van der Waals surface area contributed by atoms with Crippen LogP contribution in [0.2, 0.25) is 0 Å². The van der Waals surface area contributed by atoms with E-state index in [-0.39, 0.29) is 36.9 Å². The van der Waals surface area contributed by atoms with Crippen molar-refractivity contribution in [3.8, 4) is 10.8 Å². The summed E-state index contributed by atoms with van der Waals surface area (Å²) in [6.07, 6.45) is 2.26. The van der Waals surface area contributed by atoms with E-state index in [9.17, 15) is 9.59 Å². The number of aromatic nitrogens is 2. The molecule has 7 nitrogen and oxygen atoms in total. The van der Waals surface area contributed by atoms with Crippen LogP contribution in [0.1, 0.15) is 26.2 Å². The Labute approximate surface area is 137 Å². The Morgan fingerprint density at radius 3 is 3.17 bits per heavy atom. The molecule has 0 unspecified atom stereocenters. The molecule has 1 fully saturated rings. The number of hydrogen-bond acceptors (Lipinski definition) is 6. The van der Waals surface area contributed by atoms with Crippen molar-refractivity contribution in [1.82, 2.24) is 15.1 Å². The van der Waals surface area contributed by atoms with Gasteiger partial charge in [-0.15, -0.1) is 16.4 Å². The van der Waals surface area contributed by atoms with E-state index in [0.29, 0.717) is 0 Å². The number of ether oxygens (including phenoxy) is 1. The van der Waals surface area contributed by atoms with Crippen LogP contribution in [0.4, 0.5) is 0 Å². The molecule has 0 spiro atoms. The van der Waals surface area contributed by atoms with Gasteiger partial charge in [0.05, 0.1) is 23.6 Å². The number of carbonyl (C=O) groups is 1. The van der Waals surface area contributed by atoms with Crippen LogP contribution in [0.15, 0.2) is 26.7 Å². The summed E-state index contributed by atoms with van der Waals surface area (Å²) in [5.41, 5.74) is 0. The van der Waals surface area contributed by atoms with Gasteiger partial charge in [-0.1, -0.05) is 6.07 Å². The molecule has 1 amide bonds. The number of rotatable bonds is 6. The predicted molar refractivity (Wildman–Crippen MR) is 85.3 cm³/mol. The largest absolute Gasteiger partial charge is 0.437 e. The molecule has 0 radical (unpaired) electrons. The molecule has 23 heavy (non-hydrogen) atoms. The van der Waals surface area contributed by atoms with E-state index >= 15 is 0 Å². The first-order chi connectivity index (χ1) is 11.1. The fourth-order valence-electron chi connectivity index (χ4n) is 2.57. The van der Waals surface area contributed by atoms with E-state index in [4.69, 9.17) is 9.15 Å². The van der Waals surface area contributed by atoms with Crippen molar-refractivity contribution in [1.29, 1.82) is 0 Å². The van der Waals surface area contributed by atoms with Gasteiger partial charge in [-0.3, -0.25) is 4.79 Å². The highest BCUT2D eigenvalue weighted by molar-refractivity contribution is 7.13. The summed E-state index contributed by atoms with van der Waals surface area (Å²) < 4.78 is 11.8. The minimum absolute atomic E-state index is 0.0271. The third-order valence-electron chi connectivity index (χ3n) is 3.80. The second kappa shape index (κ2) is 7.10. The molecule has 3 heterocycles. The van der Waals surface area contributed by atoms with E-state index in [1.54, 1.807) is 0 Å². The molecule has 0 saturated carbocycles. The van der Waals surface area contributed by atoms with Crippen LogP contribution >= 0.6 is 11.3 Å². The molecule has 2 aromatic heterocycles. The van der Waals surface area contributed by atoms with Crippen molar-refractivity contribution in [2.24, 2.45) is 0 Å². The van der Waals surface area contributed by atoms with Gasteiger partial charge in [0.25, 0.3) is 5.89 Å². The first-order valence-corrected chi connectivity index (χ1v) is 8.54. The number of carbonyl (C=O) groups excluding carboxylic acids is 1. The van der Waals surface area contributed by atoms with Gasteiger partial charge in [0, 0.05) is 13.0 Å². The van der Waals surface area contributed by atoms with E-state index in [0.717, 1.165) is 24.3 Å². The van der Waals surface area contributed by atoms with Gasteiger partial charge in [-0.2, -0.15) is 4.68 Å². The average molecular weight is 337 g/mol. The minimum atomic E-state index is -0.548. The highest BCUT2D eigenvalue weighted by Gasteiger charge is 2.23. The lowest BCUT2D eigenvalue weighted by Gasteiger charge is -2.19. The van der Waals surface area contributed by atoms with Crippen LogP contribution in [-0.4, -0.2) is 34.4 Å². The summed E-state index contributed by atoms with van der Waals surface area (Å²) in [7, 11) is 0. The summed E-state index contributed by atoms with van der Waals surface area (Å²) >= 11 is 1.44. The average Bonchev–Trinajstić information content (AvgIpc) is 3.27. The summed E-state index contributed by atoms with van der Waals surface area (Å²) in [6, 6.07) is 3.66. The van der Waals surface area contributed by atoms with Crippen LogP contribution in [0.5, 0.6) is 0 Å². The van der Waals surface area contributed by atoms with Crippen LogP contribution in [0.25, 0.3) is 10.8 Å². The molecule has 0 aromatic carbocycles. The Morgan fingerprint density at radius 2 is 2.48 bits per heavy atom. The maximum atomic E-state index is 12.0. The van der Waals surface area contributed by atoms with Gasteiger partial charge in [-0.05, 0) is 31.2 Å². The Bertz CT molecular complexity index is 701. The topological polar surface area (TPSA) is 86.4 Å². The van der Waals surface area contributed by atoms with Gasteiger partial charge in [0.2, 0.25) is 5.91 Å². The van der Waals surface area contributed by atoms with E-state index < -0.39 is 5.76 Å². The lowest BCUT2D eigenvalue weighted by molar-refractivity contribution is -0.122. The smallest absolute Gasteiger partial charge is 0.387 e. The highest BCUT2D eigenvalue weighted by Crippen LogP contribution is 2.21. The molecule has 124 valence electrons. The van der Waals surface area contributed by atoms with Crippen molar-refractivity contribution in [3.63, 3.8) is 0 Å². The Morgan fingerprint density at radius 1 is 1.61 bits per heavy atom. The molecule has 0 aliphatic carbocycles. The molecular weight excluding hydrogens is 318 g/mol. The summed E-state index contributed by atoms with van der Waals surface area (Å²) in [5.74, 6) is -0.382. The molecule has 1 saturated heterocycles. The zero-order valence-electron chi connectivity index (χ0n) is 12.9. The van der Waals surface area contributed by atoms with E-state index in [1.807, 2.05) is 24.4 Å². The molecule has 2 aromatic rings. The lowest BCUT2D eigenvalue weighted by Crippen LogP contribution is -2.41. The van der Waals surface area contributed by atoms with E-state index in [1.165, 1.54) is 16.0 Å². The maximum Gasteiger partial charge on any atom is 0.437 e. The van der Waals surface area contributed by atoms with Crippen LogP contribution in [-0.2, 0) is 16.1 Å². The van der Waals surface area contributed by atoms with Crippen molar-refractivity contribution in [2.75, 3.05) is 6.61 Å². The first-order valence-electron chi connectivity index (χ1n) is 7.66. The van der Waals surface area contributed by atoms with Gasteiger partial charge in [0.15, 0.2) is 0 Å². The first kappa shape index (κ1) is 15.9. The standard InChI is InChI=1S/C15H19N3O4S/c1-10(11-4-2-8-21-11)16-13(19)6-7-18-15(20)22-14(17-18)12-5-3-9-23-12/h3,5,9-11H,2,4,6-8H2,1H3,(H,16,19)/t10-,11+/m0/s1. The molecular formula is C15H19N3O4S. The van der Waals surface area contributed by atoms with Crippen molar-refractivity contribution in [3.05, 3.63) is 28.1 Å². The normalized spacial score (nSPS) is 18.9. The SMILES string of the molecule is C[C@H](NC(=O)CCn1nc(-c2cccs2)oc1=O)[C@H]1CCCO1. The quantitative estimate of drug-likeness (QED) is 0.866. The molecule has 2 atom stereocenters. The Hall–Kier alpha value is -1.93. The molecule has 1 aliphatic rings. The second-order valence-corrected chi connectivity index (χ2v) is 6.48. The van der Waals surface area contributed by atoms with Crippen molar-refractivity contribution >= 4 is 17.2 Å². The molecule has 1 N–H and O–H groups in total. The van der Waals surface area contributed by atoms with E-state index in [2.05, 4.69) is 10.4 Å². The Balaban J connectivity index is 1.53. The van der Waals surface area contributed by atoms with Gasteiger partial charge < -0.3 is 14.5 Å². The number of nitrogens with zero attached hydrogens (tertiary/aromatic N) is 2. The number of hydrogen-bond donors (Lipinski definition) is 1. The lowest BCUT2D eigenvalue weighted by atomic mass is 10.1. The van der Waals surface area contributed by atoms with Gasteiger partial charge in [-0.25, -0.2) is 4.79 Å². The van der Waals surface area contributed by atoms with Gasteiger partial charge in [0.1, 0.15) is 0 Å². The fourth-order valence-corrected chi connectivity index (χ4v) is 3.21. The summed E-state index contributed by atoms with van der Waals surface area (Å²) in [5, 5.41) is 8.92. The third kappa shape index (κ3) is 3.89. The maximum absolute atomic E-state index is 12.0. The highest BCUT2D eigenvalue weighted by atomic mass is 32.1. The third-order valence-corrected chi connectivity index (χ3v) is 4.66. The number of nitrogens with one attached hydrogen (secondary N) is 1. The fraction of sp³-hybridized carbons (Fsp3) is 0.533. The number of thiophene rings is 1. The van der Waals surface area contributed by atoms with Gasteiger partial charge >= 0.3 is 5.76 Å². The van der Waals surface area contributed by atoms with Crippen LogP contribution < -0.4 is 11.1 Å². The van der Waals surface area contributed by atoms with Crippen molar-refractivity contribution < 1.29 is 13.9 Å². The van der Waals surface area contributed by atoms with Crippen LogP contribution in [0, 0.1) is 0 Å². The monoisotopic (exact) mass is 337 g/mol. The summed E-state index contributed by atoms with van der Waals surface area (Å²) in [6.45, 7) is 2.88. The molecule has 1 aliphatic heterocycles. The zero-order valence-corrected chi connectivity index (χ0v) is 13.7. The minimum Gasteiger partial charge on any atom is -0.387 e. The molecule has 8 heteroatoms. The molecule has 3 rings (SSSR count).